The molecule has 1 aliphatic rings. The minimum absolute atomic E-state index is 0.0826. The maximum Gasteiger partial charge on any atom is 0.224 e. The number of amides is 1. The van der Waals surface area contributed by atoms with Gasteiger partial charge in [-0.15, -0.1) is 10.2 Å². The molecule has 0 radical (unpaired) electrons. The Kier molecular flexibility index (Phi) is 3.10. The Morgan fingerprint density at radius 1 is 1.20 bits per heavy atom. The number of hydrogen-bond acceptors (Lipinski definition) is 4. The third-order valence-electron chi connectivity index (χ3n) is 3.52. The molecule has 5 heteroatoms. The fourth-order valence-electron chi connectivity index (χ4n) is 2.42. The molecule has 1 amide bonds. The van der Waals surface area contributed by atoms with Gasteiger partial charge in [-0.05, 0) is 42.7 Å². The van der Waals surface area contributed by atoms with Crippen molar-refractivity contribution < 1.29 is 4.79 Å². The van der Waals surface area contributed by atoms with Crippen LogP contribution in [0.1, 0.15) is 17.5 Å². The van der Waals surface area contributed by atoms with Crippen LogP contribution in [0.5, 0.6) is 0 Å². The lowest BCUT2D eigenvalue weighted by molar-refractivity contribution is -0.116. The number of nitrogens with zero attached hydrogens (tertiary/aromatic N) is 2. The molecule has 0 atom stereocenters. The van der Waals surface area contributed by atoms with Gasteiger partial charge in [-0.1, -0.05) is 6.07 Å². The highest BCUT2D eigenvalue weighted by atomic mass is 16.1. The van der Waals surface area contributed by atoms with Gasteiger partial charge in [0.05, 0.1) is 5.69 Å². The summed E-state index contributed by atoms with van der Waals surface area (Å²) in [7, 11) is 1.83. The normalized spacial score (nSPS) is 13.6. The second-order valence-electron chi connectivity index (χ2n) is 4.93. The van der Waals surface area contributed by atoms with Gasteiger partial charge in [0, 0.05) is 24.7 Å². The molecule has 2 aromatic rings. The largest absolute Gasteiger partial charge is 0.371 e. The summed E-state index contributed by atoms with van der Waals surface area (Å²) in [5, 5.41) is 14.3. The van der Waals surface area contributed by atoms with E-state index < -0.39 is 0 Å². The molecule has 1 aliphatic heterocycles. The molecule has 2 N–H and O–H groups in total. The maximum atomic E-state index is 11.4. The van der Waals surface area contributed by atoms with Crippen LogP contribution in [0.4, 0.5) is 11.5 Å². The quantitative estimate of drug-likeness (QED) is 0.877. The van der Waals surface area contributed by atoms with Crippen molar-refractivity contribution in [2.24, 2.45) is 0 Å². The van der Waals surface area contributed by atoms with Crippen LogP contribution in [0.3, 0.4) is 0 Å². The summed E-state index contributed by atoms with van der Waals surface area (Å²) in [6.07, 6.45) is 1.32. The molecule has 0 bridgehead atoms. The van der Waals surface area contributed by atoms with E-state index in [4.69, 9.17) is 0 Å². The van der Waals surface area contributed by atoms with Crippen molar-refractivity contribution >= 4 is 17.4 Å². The van der Waals surface area contributed by atoms with E-state index in [1.165, 1.54) is 0 Å². The number of benzene rings is 1. The fourth-order valence-corrected chi connectivity index (χ4v) is 2.42. The first-order valence-electron chi connectivity index (χ1n) is 6.62. The molecule has 0 saturated heterocycles. The average Bonchev–Trinajstić information content (AvgIpc) is 2.46. The van der Waals surface area contributed by atoms with E-state index in [-0.39, 0.29) is 5.91 Å². The number of aryl methyl sites for hydroxylation is 2. The van der Waals surface area contributed by atoms with Crippen LogP contribution in [0.25, 0.3) is 11.3 Å². The lowest BCUT2D eigenvalue weighted by Gasteiger charge is -2.17. The first-order chi connectivity index (χ1) is 9.67. The van der Waals surface area contributed by atoms with Gasteiger partial charge >= 0.3 is 0 Å². The van der Waals surface area contributed by atoms with Gasteiger partial charge in [0.25, 0.3) is 0 Å². The molecule has 0 aliphatic carbocycles. The van der Waals surface area contributed by atoms with Gasteiger partial charge in [-0.3, -0.25) is 4.79 Å². The highest BCUT2D eigenvalue weighted by Gasteiger charge is 2.15. The van der Waals surface area contributed by atoms with E-state index >= 15 is 0 Å². The number of fused-ring (bicyclic) bond motifs is 1. The Bertz CT molecular complexity index is 682. The number of carbonyl (C=O) groups is 1. The second kappa shape index (κ2) is 4.92. The fraction of sp³-hybridized carbons (Fsp3) is 0.267. The van der Waals surface area contributed by atoms with Gasteiger partial charge in [0.2, 0.25) is 5.91 Å². The average molecular weight is 268 g/mol. The Labute approximate surface area is 117 Å². The van der Waals surface area contributed by atoms with Crippen molar-refractivity contribution in [2.75, 3.05) is 17.7 Å². The number of carbonyl (C=O) groups excluding carboxylic acids is 1. The summed E-state index contributed by atoms with van der Waals surface area (Å²) in [5.41, 5.74) is 4.99. The number of hydrogen-bond donors (Lipinski definition) is 2. The highest BCUT2D eigenvalue weighted by Crippen LogP contribution is 2.28. The minimum Gasteiger partial charge on any atom is -0.371 e. The molecular weight excluding hydrogens is 252 g/mol. The molecule has 0 saturated carbocycles. The summed E-state index contributed by atoms with van der Waals surface area (Å²) < 4.78 is 0. The van der Waals surface area contributed by atoms with Crippen LogP contribution < -0.4 is 10.6 Å². The smallest absolute Gasteiger partial charge is 0.224 e. The van der Waals surface area contributed by atoms with E-state index in [9.17, 15) is 4.79 Å². The molecule has 0 unspecified atom stereocenters. The van der Waals surface area contributed by atoms with Gasteiger partial charge in [0.1, 0.15) is 0 Å². The van der Waals surface area contributed by atoms with E-state index in [0.717, 1.165) is 40.3 Å². The summed E-state index contributed by atoms with van der Waals surface area (Å²) >= 11 is 0. The van der Waals surface area contributed by atoms with Gasteiger partial charge in [-0.25, -0.2) is 0 Å². The molecule has 5 nitrogen and oxygen atoms in total. The summed E-state index contributed by atoms with van der Waals surface area (Å²) in [4.78, 5) is 11.4. The zero-order valence-corrected chi connectivity index (χ0v) is 11.5. The number of anilines is 2. The van der Waals surface area contributed by atoms with Gasteiger partial charge in [0.15, 0.2) is 5.82 Å². The van der Waals surface area contributed by atoms with Crippen LogP contribution >= 0.6 is 0 Å². The van der Waals surface area contributed by atoms with Crippen molar-refractivity contribution in [3.63, 3.8) is 0 Å². The molecule has 102 valence electrons. The Morgan fingerprint density at radius 2 is 2.05 bits per heavy atom. The Morgan fingerprint density at radius 3 is 2.80 bits per heavy atom. The number of rotatable bonds is 2. The van der Waals surface area contributed by atoms with Crippen LogP contribution in [-0.4, -0.2) is 23.2 Å². The van der Waals surface area contributed by atoms with Crippen LogP contribution in [0, 0.1) is 6.92 Å². The highest BCUT2D eigenvalue weighted by molar-refractivity contribution is 5.94. The predicted octanol–water partition coefficient (Wildman–Crippen LogP) is 2.38. The molecule has 1 aromatic heterocycles. The van der Waals surface area contributed by atoms with E-state index in [0.29, 0.717) is 6.42 Å². The molecular formula is C15H16N4O. The van der Waals surface area contributed by atoms with Crippen LogP contribution in [0.15, 0.2) is 24.3 Å². The summed E-state index contributed by atoms with van der Waals surface area (Å²) in [6.45, 7) is 2.00. The van der Waals surface area contributed by atoms with E-state index in [2.05, 4.69) is 26.9 Å². The number of nitrogens with one attached hydrogen (secondary N) is 2. The third kappa shape index (κ3) is 2.22. The summed E-state index contributed by atoms with van der Waals surface area (Å²) in [5.74, 6) is 0.873. The van der Waals surface area contributed by atoms with E-state index in [1.807, 2.05) is 32.2 Å². The Balaban J connectivity index is 1.99. The molecule has 1 aromatic carbocycles. The topological polar surface area (TPSA) is 66.9 Å². The van der Waals surface area contributed by atoms with Crippen molar-refractivity contribution in [3.8, 4) is 11.3 Å². The molecule has 0 fully saturated rings. The van der Waals surface area contributed by atoms with Crippen molar-refractivity contribution in [1.82, 2.24) is 10.2 Å². The van der Waals surface area contributed by atoms with Crippen LogP contribution in [0.2, 0.25) is 0 Å². The zero-order chi connectivity index (χ0) is 14.1. The second-order valence-corrected chi connectivity index (χ2v) is 4.93. The van der Waals surface area contributed by atoms with Gasteiger partial charge in [-0.2, -0.15) is 0 Å². The Hall–Kier alpha value is -2.43. The monoisotopic (exact) mass is 268 g/mol. The van der Waals surface area contributed by atoms with E-state index in [1.54, 1.807) is 0 Å². The molecule has 20 heavy (non-hydrogen) atoms. The SMILES string of the molecule is CNc1nnc(-c2ccc3c(c2)CCC(=O)N3)cc1C. The first kappa shape index (κ1) is 12.6. The molecule has 3 rings (SSSR count). The molecule has 2 heterocycles. The lowest BCUT2D eigenvalue weighted by atomic mass is 9.99. The standard InChI is InChI=1S/C15H16N4O/c1-9-7-13(18-19-15(9)16-2)11-3-5-12-10(8-11)4-6-14(20)17-12/h3,5,7-8H,4,6H2,1-2H3,(H,16,19)(H,17,20). The predicted molar refractivity (Wildman–Crippen MR) is 78.7 cm³/mol. The third-order valence-corrected chi connectivity index (χ3v) is 3.52. The van der Waals surface area contributed by atoms with Crippen molar-refractivity contribution in [3.05, 3.63) is 35.4 Å². The first-order valence-corrected chi connectivity index (χ1v) is 6.62. The molecule has 0 spiro atoms. The number of aromatic nitrogens is 2. The lowest BCUT2D eigenvalue weighted by Crippen LogP contribution is -2.18. The van der Waals surface area contributed by atoms with Crippen molar-refractivity contribution in [1.29, 1.82) is 0 Å². The van der Waals surface area contributed by atoms with Gasteiger partial charge < -0.3 is 10.6 Å². The van der Waals surface area contributed by atoms with Crippen LogP contribution in [-0.2, 0) is 11.2 Å². The minimum atomic E-state index is 0.0826. The summed E-state index contributed by atoms with van der Waals surface area (Å²) in [6, 6.07) is 8.00. The van der Waals surface area contributed by atoms with Crippen molar-refractivity contribution in [2.45, 2.75) is 19.8 Å². The maximum absolute atomic E-state index is 11.4. The zero-order valence-electron chi connectivity index (χ0n) is 11.5.